The molecule has 94 valence electrons. The van der Waals surface area contributed by atoms with Crippen LogP contribution < -0.4 is 5.56 Å². The molecule has 6 heteroatoms. The molecule has 0 fully saturated rings. The number of esters is 1. The molecule has 0 bridgehead atoms. The van der Waals surface area contributed by atoms with Crippen molar-refractivity contribution in [3.8, 4) is 5.75 Å². The molecule has 0 aliphatic heterocycles. The first-order valence-electron chi connectivity index (χ1n) is 5.26. The highest BCUT2D eigenvalue weighted by Gasteiger charge is 2.21. The van der Waals surface area contributed by atoms with Crippen molar-refractivity contribution in [1.82, 2.24) is 4.98 Å². The van der Waals surface area contributed by atoms with Crippen LogP contribution in [0.2, 0.25) is 5.02 Å². The molecule has 0 aliphatic carbocycles. The molecule has 0 atom stereocenters. The molecule has 5 nitrogen and oxygen atoms in total. The molecule has 2 rings (SSSR count). The van der Waals surface area contributed by atoms with Crippen molar-refractivity contribution < 1.29 is 14.6 Å². The second kappa shape index (κ2) is 4.70. The molecule has 2 N–H and O–H groups in total. The molecular weight excluding hydrogens is 258 g/mol. The van der Waals surface area contributed by atoms with Gasteiger partial charge in [0.05, 0.1) is 22.5 Å². The van der Waals surface area contributed by atoms with Crippen molar-refractivity contribution in [2.75, 3.05) is 6.61 Å². The van der Waals surface area contributed by atoms with E-state index >= 15 is 0 Å². The molecule has 1 aromatic heterocycles. The largest absolute Gasteiger partial charge is 0.506 e. The third-order valence-corrected chi connectivity index (χ3v) is 2.76. The van der Waals surface area contributed by atoms with E-state index in [4.69, 9.17) is 16.3 Å². The number of H-pyrrole nitrogens is 1. The molecule has 0 aliphatic rings. The summed E-state index contributed by atoms with van der Waals surface area (Å²) < 4.78 is 4.72. The van der Waals surface area contributed by atoms with Crippen molar-refractivity contribution in [2.45, 2.75) is 6.92 Å². The van der Waals surface area contributed by atoms with Crippen LogP contribution in [0.4, 0.5) is 0 Å². The Morgan fingerprint density at radius 1 is 1.50 bits per heavy atom. The number of aromatic nitrogens is 1. The van der Waals surface area contributed by atoms with Crippen LogP contribution in [0, 0.1) is 0 Å². The lowest BCUT2D eigenvalue weighted by Gasteiger charge is -2.07. The molecular formula is C12H10ClNO4. The summed E-state index contributed by atoms with van der Waals surface area (Å²) in [5.41, 5.74) is -0.781. The maximum Gasteiger partial charge on any atom is 0.347 e. The third-order valence-electron chi connectivity index (χ3n) is 2.44. The number of rotatable bonds is 2. The number of ether oxygens (including phenoxy) is 1. The Morgan fingerprint density at radius 3 is 2.89 bits per heavy atom. The maximum absolute atomic E-state index is 11.7. The first-order chi connectivity index (χ1) is 8.56. The number of aromatic hydroxyl groups is 1. The topological polar surface area (TPSA) is 79.4 Å². The number of halogens is 1. The van der Waals surface area contributed by atoms with Crippen molar-refractivity contribution in [1.29, 1.82) is 0 Å². The third kappa shape index (κ3) is 1.93. The standard InChI is InChI=1S/C12H10ClNO4/c1-2-18-12(17)9-10(15)8-6(13)4-3-5-7(8)14-11(9)16/h3-5H,2H2,1H3,(H2,14,15,16). The fourth-order valence-corrected chi connectivity index (χ4v) is 1.94. The van der Waals surface area contributed by atoms with Crippen molar-refractivity contribution >= 4 is 28.5 Å². The fourth-order valence-electron chi connectivity index (χ4n) is 1.68. The van der Waals surface area contributed by atoms with Gasteiger partial charge in [0.25, 0.3) is 5.56 Å². The lowest BCUT2D eigenvalue weighted by Crippen LogP contribution is -2.20. The number of pyridine rings is 1. The van der Waals surface area contributed by atoms with E-state index in [1.54, 1.807) is 25.1 Å². The molecule has 0 saturated carbocycles. The highest BCUT2D eigenvalue weighted by molar-refractivity contribution is 6.36. The van der Waals surface area contributed by atoms with Crippen LogP contribution in [-0.4, -0.2) is 22.7 Å². The molecule has 1 aromatic carbocycles. The highest BCUT2D eigenvalue weighted by Crippen LogP contribution is 2.31. The van der Waals surface area contributed by atoms with E-state index in [1.807, 2.05) is 0 Å². The van der Waals surface area contributed by atoms with Gasteiger partial charge in [0, 0.05) is 0 Å². The number of benzene rings is 1. The minimum atomic E-state index is -0.877. The van der Waals surface area contributed by atoms with Gasteiger partial charge in [-0.2, -0.15) is 0 Å². The lowest BCUT2D eigenvalue weighted by atomic mass is 10.1. The lowest BCUT2D eigenvalue weighted by molar-refractivity contribution is 0.0521. The van der Waals surface area contributed by atoms with Crippen LogP contribution in [0.15, 0.2) is 23.0 Å². The van der Waals surface area contributed by atoms with Crippen LogP contribution in [-0.2, 0) is 4.74 Å². The van der Waals surface area contributed by atoms with Gasteiger partial charge in [-0.1, -0.05) is 17.7 Å². The first-order valence-corrected chi connectivity index (χ1v) is 5.64. The van der Waals surface area contributed by atoms with E-state index in [0.29, 0.717) is 5.52 Å². The smallest absolute Gasteiger partial charge is 0.347 e. The van der Waals surface area contributed by atoms with Gasteiger partial charge < -0.3 is 14.8 Å². The zero-order chi connectivity index (χ0) is 13.3. The number of fused-ring (bicyclic) bond motifs is 1. The van der Waals surface area contributed by atoms with Gasteiger partial charge in [0.1, 0.15) is 5.75 Å². The van der Waals surface area contributed by atoms with E-state index in [2.05, 4.69) is 4.98 Å². The highest BCUT2D eigenvalue weighted by atomic mass is 35.5. The van der Waals surface area contributed by atoms with E-state index in [1.165, 1.54) is 0 Å². The van der Waals surface area contributed by atoms with Crippen LogP contribution in [0.1, 0.15) is 17.3 Å². The number of nitrogens with one attached hydrogen (secondary N) is 1. The Balaban J connectivity index is 2.80. The molecule has 2 aromatic rings. The van der Waals surface area contributed by atoms with Crippen LogP contribution in [0.3, 0.4) is 0 Å². The van der Waals surface area contributed by atoms with E-state index in [9.17, 15) is 14.7 Å². The zero-order valence-electron chi connectivity index (χ0n) is 9.49. The molecule has 1 heterocycles. The molecule has 0 spiro atoms. The number of hydrogen-bond acceptors (Lipinski definition) is 4. The minimum absolute atomic E-state index is 0.109. The zero-order valence-corrected chi connectivity index (χ0v) is 10.2. The molecule has 0 saturated heterocycles. The average Bonchev–Trinajstić information content (AvgIpc) is 2.28. The summed E-state index contributed by atoms with van der Waals surface area (Å²) in [6, 6.07) is 4.76. The van der Waals surface area contributed by atoms with Gasteiger partial charge in [0.2, 0.25) is 0 Å². The summed E-state index contributed by atoms with van der Waals surface area (Å²) >= 11 is 5.93. The molecule has 0 amide bonds. The monoisotopic (exact) mass is 267 g/mol. The quantitative estimate of drug-likeness (QED) is 0.817. The Labute approximate surface area is 107 Å². The van der Waals surface area contributed by atoms with E-state index in [0.717, 1.165) is 0 Å². The second-order valence-corrected chi connectivity index (χ2v) is 3.97. The van der Waals surface area contributed by atoms with E-state index < -0.39 is 22.8 Å². The fraction of sp³-hybridized carbons (Fsp3) is 0.167. The number of carbonyl (C=O) groups excluding carboxylic acids is 1. The molecule has 0 unspecified atom stereocenters. The van der Waals surface area contributed by atoms with E-state index in [-0.39, 0.29) is 17.0 Å². The van der Waals surface area contributed by atoms with Crippen LogP contribution in [0.5, 0.6) is 5.75 Å². The maximum atomic E-state index is 11.7. The predicted octanol–water partition coefficient (Wildman–Crippen LogP) is 2.06. The summed E-state index contributed by atoms with van der Waals surface area (Å²) in [7, 11) is 0. The molecule has 18 heavy (non-hydrogen) atoms. The van der Waals surface area contributed by atoms with Crippen LogP contribution >= 0.6 is 11.6 Å². The van der Waals surface area contributed by atoms with Gasteiger partial charge in [0.15, 0.2) is 5.56 Å². The van der Waals surface area contributed by atoms with Gasteiger partial charge in [-0.3, -0.25) is 4.79 Å². The first kappa shape index (κ1) is 12.4. The number of hydrogen-bond donors (Lipinski definition) is 2. The van der Waals surface area contributed by atoms with Crippen molar-refractivity contribution in [3.05, 3.63) is 39.1 Å². The Morgan fingerprint density at radius 2 is 2.22 bits per heavy atom. The minimum Gasteiger partial charge on any atom is -0.506 e. The number of carbonyl (C=O) groups is 1. The van der Waals surface area contributed by atoms with Gasteiger partial charge in [-0.15, -0.1) is 0 Å². The van der Waals surface area contributed by atoms with Gasteiger partial charge >= 0.3 is 5.97 Å². The predicted molar refractivity (Wildman–Crippen MR) is 67.2 cm³/mol. The van der Waals surface area contributed by atoms with Crippen molar-refractivity contribution in [3.63, 3.8) is 0 Å². The summed E-state index contributed by atoms with van der Waals surface area (Å²) in [4.78, 5) is 25.8. The van der Waals surface area contributed by atoms with Crippen molar-refractivity contribution in [2.24, 2.45) is 0 Å². The van der Waals surface area contributed by atoms with Gasteiger partial charge in [-0.25, -0.2) is 4.79 Å². The van der Waals surface area contributed by atoms with Crippen LogP contribution in [0.25, 0.3) is 10.9 Å². The summed E-state index contributed by atoms with van der Waals surface area (Å²) in [5, 5.41) is 10.5. The Kier molecular flexibility index (Phi) is 3.25. The SMILES string of the molecule is CCOC(=O)c1c(O)c2c(Cl)cccc2[nH]c1=O. The second-order valence-electron chi connectivity index (χ2n) is 3.56. The average molecular weight is 268 g/mol. The summed E-state index contributed by atoms with van der Waals surface area (Å²) in [6.07, 6.45) is 0. The normalized spacial score (nSPS) is 10.6. The Bertz CT molecular complexity index is 678. The number of aromatic amines is 1. The Hall–Kier alpha value is -2.01. The van der Waals surface area contributed by atoms with Gasteiger partial charge in [-0.05, 0) is 19.1 Å². The summed E-state index contributed by atoms with van der Waals surface area (Å²) in [5.74, 6) is -1.34. The molecule has 0 radical (unpaired) electrons. The summed E-state index contributed by atoms with van der Waals surface area (Å²) in [6.45, 7) is 1.72.